The Labute approximate surface area is 162 Å². The molecular formula is C19H32N4O3S. The third-order valence-electron chi connectivity index (χ3n) is 6.28. The van der Waals surface area contributed by atoms with Crippen molar-refractivity contribution in [2.75, 3.05) is 13.1 Å². The van der Waals surface area contributed by atoms with E-state index in [1.165, 1.54) is 0 Å². The van der Waals surface area contributed by atoms with E-state index >= 15 is 0 Å². The van der Waals surface area contributed by atoms with Gasteiger partial charge in [-0.05, 0) is 40.0 Å². The lowest BCUT2D eigenvalue weighted by molar-refractivity contribution is -0.130. The summed E-state index contributed by atoms with van der Waals surface area (Å²) in [6.07, 6.45) is 7.36. The quantitative estimate of drug-likeness (QED) is 0.766. The topological polar surface area (TPSA) is 75.5 Å². The Morgan fingerprint density at radius 3 is 2.48 bits per heavy atom. The molecule has 0 aromatic carbocycles. The first-order valence-electron chi connectivity index (χ1n) is 10.1. The molecule has 1 aromatic rings. The van der Waals surface area contributed by atoms with Gasteiger partial charge in [0.15, 0.2) is 0 Å². The lowest BCUT2D eigenvalue weighted by atomic mass is 9.80. The van der Waals surface area contributed by atoms with Crippen molar-refractivity contribution >= 4 is 15.9 Å². The number of hydrogen-bond acceptors (Lipinski definition) is 4. The number of likely N-dealkylation sites (N-methyl/N-ethyl adjacent to an activating group) is 1. The molecule has 7 nitrogen and oxygen atoms in total. The van der Waals surface area contributed by atoms with Crippen LogP contribution in [0.1, 0.15) is 65.0 Å². The second-order valence-corrected chi connectivity index (χ2v) is 9.75. The molecular weight excluding hydrogens is 364 g/mol. The predicted molar refractivity (Wildman–Crippen MR) is 104 cm³/mol. The van der Waals surface area contributed by atoms with Gasteiger partial charge in [0.05, 0.1) is 5.69 Å². The summed E-state index contributed by atoms with van der Waals surface area (Å²) in [5.41, 5.74) is 0.177. The molecule has 0 N–H and O–H groups in total. The van der Waals surface area contributed by atoms with Crippen molar-refractivity contribution in [3.63, 3.8) is 0 Å². The van der Waals surface area contributed by atoms with Crippen LogP contribution in [0.2, 0.25) is 0 Å². The van der Waals surface area contributed by atoms with Gasteiger partial charge in [0.1, 0.15) is 4.90 Å². The molecule has 3 rings (SSSR count). The number of rotatable bonds is 5. The fourth-order valence-corrected chi connectivity index (χ4v) is 7.03. The molecule has 1 unspecified atom stereocenters. The Morgan fingerprint density at radius 2 is 1.96 bits per heavy atom. The fourth-order valence-electron chi connectivity index (χ4n) is 4.99. The summed E-state index contributed by atoms with van der Waals surface area (Å²) in [4.78, 5) is 14.2. The Bertz CT molecular complexity index is 796. The molecule has 1 saturated heterocycles. The minimum absolute atomic E-state index is 0.0164. The van der Waals surface area contributed by atoms with Gasteiger partial charge in [-0.15, -0.1) is 0 Å². The molecule has 0 radical (unpaired) electrons. The third kappa shape index (κ3) is 3.53. The van der Waals surface area contributed by atoms with E-state index in [1.54, 1.807) is 29.0 Å². The number of nitrogens with zero attached hydrogens (tertiary/aromatic N) is 4. The SMILES string of the molecule is CCN(C(C)=O)C1CN(S(=O)(=O)c2cn(CC)nc2C)C2(CCCCC2)C1. The first-order chi connectivity index (χ1) is 12.7. The van der Waals surface area contributed by atoms with E-state index in [1.807, 2.05) is 18.7 Å². The Morgan fingerprint density at radius 1 is 1.30 bits per heavy atom. The number of hydrogen-bond donors (Lipinski definition) is 0. The maximum absolute atomic E-state index is 13.7. The van der Waals surface area contributed by atoms with Gasteiger partial charge in [-0.3, -0.25) is 9.48 Å². The zero-order valence-corrected chi connectivity index (χ0v) is 17.8. The summed E-state index contributed by atoms with van der Waals surface area (Å²) in [6, 6.07) is -0.0538. The highest BCUT2D eigenvalue weighted by Gasteiger charge is 2.53. The van der Waals surface area contributed by atoms with Crippen LogP contribution >= 0.6 is 0 Å². The van der Waals surface area contributed by atoms with Crippen molar-refractivity contribution in [1.29, 1.82) is 0 Å². The number of carbonyl (C=O) groups excluding carboxylic acids is 1. The number of carbonyl (C=O) groups is 1. The highest BCUT2D eigenvalue weighted by molar-refractivity contribution is 7.89. The third-order valence-corrected chi connectivity index (χ3v) is 8.36. The second-order valence-electron chi connectivity index (χ2n) is 7.92. The van der Waals surface area contributed by atoms with Crippen molar-refractivity contribution in [3.05, 3.63) is 11.9 Å². The summed E-state index contributed by atoms with van der Waals surface area (Å²) in [6.45, 7) is 8.86. The Balaban J connectivity index is 2.01. The average Bonchev–Trinajstić information content (AvgIpc) is 3.18. The van der Waals surface area contributed by atoms with Crippen molar-refractivity contribution in [3.8, 4) is 0 Å². The summed E-state index contributed by atoms with van der Waals surface area (Å²) in [5.74, 6) is 0.0164. The number of amides is 1. The van der Waals surface area contributed by atoms with E-state index in [2.05, 4.69) is 5.10 Å². The zero-order chi connectivity index (χ0) is 19.8. The molecule has 2 heterocycles. The normalized spacial score (nSPS) is 23.0. The number of aromatic nitrogens is 2. The van der Waals surface area contributed by atoms with E-state index in [0.29, 0.717) is 30.2 Å². The summed E-state index contributed by atoms with van der Waals surface area (Å²) in [7, 11) is -3.65. The summed E-state index contributed by atoms with van der Waals surface area (Å²) < 4.78 is 30.7. The lowest BCUT2D eigenvalue weighted by Gasteiger charge is -2.40. The van der Waals surface area contributed by atoms with Gasteiger partial charge >= 0.3 is 0 Å². The smallest absolute Gasteiger partial charge is 0.247 e. The predicted octanol–water partition coefficient (Wildman–Crippen LogP) is 2.55. The van der Waals surface area contributed by atoms with Crippen molar-refractivity contribution in [2.24, 2.45) is 0 Å². The van der Waals surface area contributed by atoms with Crippen LogP contribution < -0.4 is 0 Å². The molecule has 1 aliphatic heterocycles. The van der Waals surface area contributed by atoms with Gasteiger partial charge in [-0.2, -0.15) is 9.40 Å². The van der Waals surface area contributed by atoms with E-state index < -0.39 is 10.0 Å². The van der Waals surface area contributed by atoms with Gasteiger partial charge < -0.3 is 4.90 Å². The highest BCUT2D eigenvalue weighted by Crippen LogP contribution is 2.46. The van der Waals surface area contributed by atoms with Crippen LogP contribution in [0.4, 0.5) is 0 Å². The van der Waals surface area contributed by atoms with Crippen LogP contribution in [0.25, 0.3) is 0 Å². The molecule has 152 valence electrons. The minimum Gasteiger partial charge on any atom is -0.339 e. The molecule has 2 fully saturated rings. The fraction of sp³-hybridized carbons (Fsp3) is 0.789. The standard InChI is InChI=1S/C19H32N4O3S/c1-5-21-14-18(15(3)20-21)27(25,26)23-13-17(22(6-2)16(4)24)12-19(23)10-8-7-9-11-19/h14,17H,5-13H2,1-4H3. The van der Waals surface area contributed by atoms with Crippen LogP contribution in [0, 0.1) is 6.92 Å². The van der Waals surface area contributed by atoms with Crippen LogP contribution in [0.15, 0.2) is 11.1 Å². The van der Waals surface area contributed by atoms with Crippen molar-refractivity contribution in [2.45, 2.75) is 89.2 Å². The molecule has 1 saturated carbocycles. The molecule has 8 heteroatoms. The molecule has 1 spiro atoms. The Hall–Kier alpha value is -1.41. The second kappa shape index (κ2) is 7.54. The van der Waals surface area contributed by atoms with Crippen LogP contribution in [-0.4, -0.2) is 58.0 Å². The largest absolute Gasteiger partial charge is 0.339 e. The molecule has 1 aromatic heterocycles. The maximum atomic E-state index is 13.7. The summed E-state index contributed by atoms with van der Waals surface area (Å²) in [5, 5.41) is 4.35. The minimum atomic E-state index is -3.65. The van der Waals surface area contributed by atoms with Crippen LogP contribution in [0.3, 0.4) is 0 Å². The average molecular weight is 397 g/mol. The molecule has 27 heavy (non-hydrogen) atoms. The first-order valence-corrected chi connectivity index (χ1v) is 11.5. The van der Waals surface area contributed by atoms with Gasteiger partial charge in [0.2, 0.25) is 15.9 Å². The Kier molecular flexibility index (Phi) is 5.68. The number of aryl methyl sites for hydroxylation is 2. The number of sulfonamides is 1. The van der Waals surface area contributed by atoms with Crippen LogP contribution in [0.5, 0.6) is 0 Å². The zero-order valence-electron chi connectivity index (χ0n) is 16.9. The van der Waals surface area contributed by atoms with E-state index in [4.69, 9.17) is 0 Å². The van der Waals surface area contributed by atoms with E-state index in [0.717, 1.165) is 38.5 Å². The lowest BCUT2D eigenvalue weighted by Crippen LogP contribution is -2.48. The van der Waals surface area contributed by atoms with Crippen molar-refractivity contribution < 1.29 is 13.2 Å². The van der Waals surface area contributed by atoms with Crippen molar-refractivity contribution in [1.82, 2.24) is 19.0 Å². The van der Waals surface area contributed by atoms with Gasteiger partial charge in [0, 0.05) is 44.3 Å². The maximum Gasteiger partial charge on any atom is 0.247 e. The van der Waals surface area contributed by atoms with Gasteiger partial charge in [0.25, 0.3) is 0 Å². The molecule has 2 aliphatic rings. The van der Waals surface area contributed by atoms with Gasteiger partial charge in [-0.25, -0.2) is 8.42 Å². The monoisotopic (exact) mass is 396 g/mol. The molecule has 0 bridgehead atoms. The molecule has 1 atom stereocenters. The van der Waals surface area contributed by atoms with Crippen LogP contribution in [-0.2, 0) is 21.4 Å². The van der Waals surface area contributed by atoms with Gasteiger partial charge in [-0.1, -0.05) is 19.3 Å². The first kappa shape index (κ1) is 20.3. The van der Waals surface area contributed by atoms with E-state index in [-0.39, 0.29) is 17.5 Å². The molecule has 1 aliphatic carbocycles. The molecule has 1 amide bonds. The van der Waals surface area contributed by atoms with E-state index in [9.17, 15) is 13.2 Å². The summed E-state index contributed by atoms with van der Waals surface area (Å²) >= 11 is 0. The highest BCUT2D eigenvalue weighted by atomic mass is 32.2.